The Labute approximate surface area is 104 Å². The monoisotopic (exact) mass is 231 g/mol. The molecule has 1 unspecified atom stereocenters. The molecule has 0 aromatic heterocycles. The van der Waals surface area contributed by atoms with E-state index in [9.17, 15) is 0 Å². The molecule has 2 rings (SSSR count). The molecule has 0 spiro atoms. The third kappa shape index (κ3) is 3.97. The first-order valence-corrected chi connectivity index (χ1v) is 6.39. The maximum absolute atomic E-state index is 3.55. The Morgan fingerprint density at radius 1 is 1.24 bits per heavy atom. The summed E-state index contributed by atoms with van der Waals surface area (Å²) >= 11 is 0. The highest BCUT2D eigenvalue weighted by molar-refractivity contribution is 5.60. The van der Waals surface area contributed by atoms with E-state index in [-0.39, 0.29) is 0 Å². The minimum Gasteiger partial charge on any atom is -0.250 e. The second-order valence-electron chi connectivity index (χ2n) is 6.12. The van der Waals surface area contributed by atoms with Crippen molar-refractivity contribution in [1.82, 2.24) is 5.32 Å². The lowest BCUT2D eigenvalue weighted by Crippen LogP contribution is -2.29. The van der Waals surface area contributed by atoms with E-state index in [1.54, 1.807) is 0 Å². The SMILES string of the molecule is CC(C)(C)CC1C=[N+](Cc2ccccc2)CN1. The molecule has 0 fully saturated rings. The highest BCUT2D eigenvalue weighted by atomic mass is 15.2. The highest BCUT2D eigenvalue weighted by Gasteiger charge is 2.25. The van der Waals surface area contributed by atoms with Crippen molar-refractivity contribution in [3.8, 4) is 0 Å². The molecule has 1 heterocycles. The van der Waals surface area contributed by atoms with E-state index < -0.39 is 0 Å². The van der Waals surface area contributed by atoms with Gasteiger partial charge in [-0.2, -0.15) is 0 Å². The summed E-state index contributed by atoms with van der Waals surface area (Å²) in [4.78, 5) is 0. The molecule has 0 saturated heterocycles. The molecule has 1 aromatic rings. The first kappa shape index (κ1) is 12.3. The highest BCUT2D eigenvalue weighted by Crippen LogP contribution is 2.21. The van der Waals surface area contributed by atoms with E-state index in [1.165, 1.54) is 12.0 Å². The molecule has 2 nitrogen and oxygen atoms in total. The third-order valence-electron chi connectivity index (χ3n) is 3.01. The number of nitrogens with one attached hydrogen (secondary N) is 1. The molecule has 92 valence electrons. The quantitative estimate of drug-likeness (QED) is 0.790. The summed E-state index contributed by atoms with van der Waals surface area (Å²) in [6.45, 7) is 8.86. The standard InChI is InChI=1S/C15H23N2/c1-15(2,3)9-14-11-17(12-16-14)10-13-7-5-4-6-8-13/h4-8,11,14,16H,9-10,12H2,1-3H3/q+1. The third-order valence-corrected chi connectivity index (χ3v) is 3.01. The van der Waals surface area contributed by atoms with Crippen LogP contribution in [0.25, 0.3) is 0 Å². The van der Waals surface area contributed by atoms with E-state index >= 15 is 0 Å². The van der Waals surface area contributed by atoms with Gasteiger partial charge in [-0.15, -0.1) is 0 Å². The zero-order valence-corrected chi connectivity index (χ0v) is 11.1. The van der Waals surface area contributed by atoms with Gasteiger partial charge in [0.25, 0.3) is 0 Å². The summed E-state index contributed by atoms with van der Waals surface area (Å²) in [5, 5.41) is 3.55. The first-order valence-electron chi connectivity index (χ1n) is 6.39. The van der Waals surface area contributed by atoms with Crippen LogP contribution in [0.2, 0.25) is 0 Å². The van der Waals surface area contributed by atoms with Crippen molar-refractivity contribution in [2.24, 2.45) is 5.41 Å². The Morgan fingerprint density at radius 3 is 2.59 bits per heavy atom. The summed E-state index contributed by atoms with van der Waals surface area (Å²) in [6.07, 6.45) is 3.54. The van der Waals surface area contributed by atoms with Gasteiger partial charge < -0.3 is 0 Å². The number of hydrogen-bond donors (Lipinski definition) is 1. The Kier molecular flexibility index (Phi) is 3.63. The molecular weight excluding hydrogens is 208 g/mol. The van der Waals surface area contributed by atoms with Crippen molar-refractivity contribution < 1.29 is 4.58 Å². The van der Waals surface area contributed by atoms with Gasteiger partial charge in [0.15, 0.2) is 19.4 Å². The van der Waals surface area contributed by atoms with Gasteiger partial charge >= 0.3 is 0 Å². The second-order valence-corrected chi connectivity index (χ2v) is 6.12. The van der Waals surface area contributed by atoms with E-state index in [0.29, 0.717) is 11.5 Å². The van der Waals surface area contributed by atoms with Crippen molar-refractivity contribution >= 4 is 6.21 Å². The average molecular weight is 231 g/mol. The van der Waals surface area contributed by atoms with Gasteiger partial charge in [-0.1, -0.05) is 51.1 Å². The van der Waals surface area contributed by atoms with Gasteiger partial charge in [0.2, 0.25) is 0 Å². The van der Waals surface area contributed by atoms with Crippen LogP contribution in [0, 0.1) is 5.41 Å². The van der Waals surface area contributed by atoms with Crippen molar-refractivity contribution in [2.45, 2.75) is 39.8 Å². The summed E-state index contributed by atoms with van der Waals surface area (Å²) in [5.41, 5.74) is 1.76. The molecule has 0 saturated carbocycles. The van der Waals surface area contributed by atoms with Crippen LogP contribution in [0.15, 0.2) is 30.3 Å². The Morgan fingerprint density at radius 2 is 1.94 bits per heavy atom. The predicted octanol–water partition coefficient (Wildman–Crippen LogP) is 2.64. The summed E-state index contributed by atoms with van der Waals surface area (Å²) < 4.78 is 2.37. The molecule has 0 bridgehead atoms. The lowest BCUT2D eigenvalue weighted by molar-refractivity contribution is -0.535. The minimum absolute atomic E-state index is 0.386. The maximum Gasteiger partial charge on any atom is 0.197 e. The Hall–Kier alpha value is -1.15. The topological polar surface area (TPSA) is 15.0 Å². The van der Waals surface area contributed by atoms with Gasteiger partial charge in [-0.25, -0.2) is 9.89 Å². The molecule has 1 N–H and O–H groups in total. The predicted molar refractivity (Wildman–Crippen MR) is 72.3 cm³/mol. The van der Waals surface area contributed by atoms with Crippen LogP contribution >= 0.6 is 0 Å². The fourth-order valence-corrected chi connectivity index (χ4v) is 2.31. The van der Waals surface area contributed by atoms with Crippen LogP contribution in [-0.4, -0.2) is 23.5 Å². The van der Waals surface area contributed by atoms with Gasteiger partial charge in [-0.3, -0.25) is 0 Å². The van der Waals surface area contributed by atoms with E-state index in [2.05, 4.69) is 67.2 Å². The number of rotatable bonds is 3. The molecule has 17 heavy (non-hydrogen) atoms. The zero-order chi connectivity index (χ0) is 12.3. The second kappa shape index (κ2) is 5.01. The van der Waals surface area contributed by atoms with Crippen molar-refractivity contribution in [1.29, 1.82) is 0 Å². The Bertz CT molecular complexity index is 387. The normalized spacial score (nSPS) is 20.4. The van der Waals surface area contributed by atoms with Crippen molar-refractivity contribution in [2.75, 3.05) is 6.67 Å². The maximum atomic E-state index is 3.55. The van der Waals surface area contributed by atoms with Crippen LogP contribution in [-0.2, 0) is 6.54 Å². The fourth-order valence-electron chi connectivity index (χ4n) is 2.31. The van der Waals surface area contributed by atoms with Crippen LogP contribution < -0.4 is 5.32 Å². The molecule has 1 aromatic carbocycles. The Balaban J connectivity index is 1.94. The number of hydrogen-bond acceptors (Lipinski definition) is 1. The van der Waals surface area contributed by atoms with Crippen LogP contribution in [0.4, 0.5) is 0 Å². The lowest BCUT2D eigenvalue weighted by Gasteiger charge is -2.19. The van der Waals surface area contributed by atoms with Gasteiger partial charge in [0.1, 0.15) is 0 Å². The van der Waals surface area contributed by atoms with Crippen LogP contribution in [0.1, 0.15) is 32.8 Å². The smallest absolute Gasteiger partial charge is 0.197 e. The van der Waals surface area contributed by atoms with Gasteiger partial charge in [0.05, 0.1) is 6.04 Å². The van der Waals surface area contributed by atoms with Gasteiger partial charge in [-0.05, 0) is 11.8 Å². The summed E-state index contributed by atoms with van der Waals surface area (Å²) in [7, 11) is 0. The van der Waals surface area contributed by atoms with E-state index in [4.69, 9.17) is 0 Å². The largest absolute Gasteiger partial charge is 0.250 e. The van der Waals surface area contributed by atoms with E-state index in [1.807, 2.05) is 0 Å². The fraction of sp³-hybridized carbons (Fsp3) is 0.533. The number of nitrogens with zero attached hydrogens (tertiary/aromatic N) is 1. The van der Waals surface area contributed by atoms with Crippen molar-refractivity contribution in [3.63, 3.8) is 0 Å². The molecule has 1 aliphatic rings. The molecule has 0 aliphatic carbocycles. The zero-order valence-electron chi connectivity index (χ0n) is 11.1. The first-order chi connectivity index (χ1) is 8.03. The minimum atomic E-state index is 0.386. The van der Waals surface area contributed by atoms with Gasteiger partial charge in [0, 0.05) is 5.56 Å². The summed E-state index contributed by atoms with van der Waals surface area (Å²) in [5.74, 6) is 0. The van der Waals surface area contributed by atoms with Crippen LogP contribution in [0.3, 0.4) is 0 Å². The molecule has 1 aliphatic heterocycles. The van der Waals surface area contributed by atoms with Crippen LogP contribution in [0.5, 0.6) is 0 Å². The lowest BCUT2D eigenvalue weighted by atomic mass is 9.89. The molecular formula is C15H23N2+. The van der Waals surface area contributed by atoms with Crippen molar-refractivity contribution in [3.05, 3.63) is 35.9 Å². The molecule has 0 amide bonds. The number of benzene rings is 1. The summed E-state index contributed by atoms with van der Waals surface area (Å²) in [6, 6.07) is 11.2. The van der Waals surface area contributed by atoms with E-state index in [0.717, 1.165) is 13.2 Å². The molecule has 1 atom stereocenters. The molecule has 0 radical (unpaired) electrons. The average Bonchev–Trinajstić information content (AvgIpc) is 2.64. The molecule has 2 heteroatoms.